The van der Waals surface area contributed by atoms with Crippen LogP contribution in [0.2, 0.25) is 0 Å². The zero-order chi connectivity index (χ0) is 27.0. The number of carbonyl (C=O) groups is 2. The molecule has 2 aromatic heterocycles. The molecule has 5 heterocycles. The van der Waals surface area contributed by atoms with Gasteiger partial charge in [-0.25, -0.2) is 0 Å². The van der Waals surface area contributed by atoms with Crippen molar-refractivity contribution >= 4 is 55.4 Å². The molecule has 1 fully saturated rings. The summed E-state index contributed by atoms with van der Waals surface area (Å²) in [5.41, 5.74) is 2.63. The Kier molecular flexibility index (Phi) is 4.43. The Bertz CT molecular complexity index is 1920. The average molecular weight is 525 g/mol. The molecule has 198 valence electrons. The summed E-state index contributed by atoms with van der Waals surface area (Å²) in [6.07, 6.45) is -2.64. The number of hydrogen-bond donors (Lipinski definition) is 2. The zero-order valence-electron chi connectivity index (χ0n) is 21.9. The maximum absolute atomic E-state index is 14.2. The van der Waals surface area contributed by atoms with Crippen LogP contribution in [0, 0.1) is 0 Å². The molecule has 2 bridgehead atoms. The normalized spacial score (nSPS) is 26.2. The number of benzene rings is 3. The molecule has 2 amide bonds. The third-order valence-corrected chi connectivity index (χ3v) is 8.91. The molecule has 4 unspecified atom stereocenters. The molecule has 0 aliphatic carbocycles. The standard InChI is InChI=1S/C30H28N4O5/c1-30-27(36)19(35)14-20(39-30)33-17-10-6-4-8-15(17)21-23-24(29(38)32(28(23)37)13-12-31(2)3)22-16-9-5-7-11-18(16)34(30)26(22)25(21)33/h4-11,19-20,27,35-36H,12-14H2,1-3H3. The fourth-order valence-corrected chi connectivity index (χ4v) is 7.20. The van der Waals surface area contributed by atoms with E-state index in [-0.39, 0.29) is 24.8 Å². The van der Waals surface area contributed by atoms with Gasteiger partial charge in [-0.1, -0.05) is 36.4 Å². The Hall–Kier alpha value is -3.76. The van der Waals surface area contributed by atoms with E-state index >= 15 is 0 Å². The van der Waals surface area contributed by atoms with Gasteiger partial charge < -0.3 is 29.0 Å². The number of likely N-dealkylation sites (N-methyl/N-ethyl adjacent to an activating group) is 1. The fraction of sp³-hybridized carbons (Fsp3) is 0.333. The lowest BCUT2D eigenvalue weighted by Crippen LogP contribution is -2.55. The molecular weight excluding hydrogens is 496 g/mol. The van der Waals surface area contributed by atoms with E-state index in [9.17, 15) is 19.8 Å². The quantitative estimate of drug-likeness (QED) is 0.351. The van der Waals surface area contributed by atoms with E-state index in [1.54, 1.807) is 6.92 Å². The van der Waals surface area contributed by atoms with E-state index in [1.807, 2.05) is 72.1 Å². The summed E-state index contributed by atoms with van der Waals surface area (Å²) in [6.45, 7) is 2.64. The molecule has 0 radical (unpaired) electrons. The molecule has 3 aliphatic heterocycles. The molecular formula is C30H28N4O5. The second-order valence-corrected chi connectivity index (χ2v) is 11.4. The van der Waals surface area contributed by atoms with E-state index < -0.39 is 24.2 Å². The first-order valence-corrected chi connectivity index (χ1v) is 13.3. The van der Waals surface area contributed by atoms with Crippen molar-refractivity contribution in [2.24, 2.45) is 0 Å². The monoisotopic (exact) mass is 524 g/mol. The molecule has 5 aromatic rings. The number of aliphatic hydroxyl groups is 2. The molecule has 39 heavy (non-hydrogen) atoms. The summed E-state index contributed by atoms with van der Waals surface area (Å²) < 4.78 is 10.7. The zero-order valence-corrected chi connectivity index (χ0v) is 21.9. The van der Waals surface area contributed by atoms with Crippen LogP contribution < -0.4 is 0 Å². The highest BCUT2D eigenvalue weighted by Gasteiger charge is 2.53. The van der Waals surface area contributed by atoms with Crippen LogP contribution in [-0.4, -0.2) is 80.4 Å². The van der Waals surface area contributed by atoms with Crippen molar-refractivity contribution in [2.45, 2.75) is 37.5 Å². The topological polar surface area (TPSA) is 100 Å². The first-order valence-electron chi connectivity index (χ1n) is 13.3. The largest absolute Gasteiger partial charge is 0.390 e. The number of ether oxygens (including phenoxy) is 1. The predicted molar refractivity (Wildman–Crippen MR) is 147 cm³/mol. The minimum absolute atomic E-state index is 0.188. The number of aliphatic hydroxyl groups excluding tert-OH is 2. The lowest BCUT2D eigenvalue weighted by Gasteiger charge is -2.45. The number of hydrogen-bond acceptors (Lipinski definition) is 6. The third-order valence-electron chi connectivity index (χ3n) is 8.91. The highest BCUT2D eigenvalue weighted by Crippen LogP contribution is 2.53. The Morgan fingerprint density at radius 2 is 1.51 bits per heavy atom. The van der Waals surface area contributed by atoms with Gasteiger partial charge in [-0.3, -0.25) is 14.5 Å². The van der Waals surface area contributed by atoms with Crippen molar-refractivity contribution < 1.29 is 24.5 Å². The van der Waals surface area contributed by atoms with E-state index in [4.69, 9.17) is 4.74 Å². The molecule has 0 spiro atoms. The second kappa shape index (κ2) is 7.45. The van der Waals surface area contributed by atoms with Gasteiger partial charge in [0.25, 0.3) is 11.8 Å². The Morgan fingerprint density at radius 1 is 0.923 bits per heavy atom. The molecule has 3 aliphatic rings. The third kappa shape index (κ3) is 2.63. The summed E-state index contributed by atoms with van der Waals surface area (Å²) in [6, 6.07) is 15.5. The van der Waals surface area contributed by atoms with Crippen molar-refractivity contribution in [3.63, 3.8) is 0 Å². The summed E-state index contributed by atoms with van der Waals surface area (Å²) in [5, 5.41) is 25.5. The van der Waals surface area contributed by atoms with Crippen LogP contribution >= 0.6 is 0 Å². The Balaban J connectivity index is 1.64. The maximum atomic E-state index is 14.2. The van der Waals surface area contributed by atoms with E-state index in [2.05, 4.69) is 4.57 Å². The summed E-state index contributed by atoms with van der Waals surface area (Å²) in [7, 11) is 3.84. The van der Waals surface area contributed by atoms with Crippen LogP contribution in [0.25, 0.3) is 43.6 Å². The van der Waals surface area contributed by atoms with Gasteiger partial charge in [-0.2, -0.15) is 0 Å². The van der Waals surface area contributed by atoms with Gasteiger partial charge in [0.15, 0.2) is 5.72 Å². The molecule has 4 atom stereocenters. The van der Waals surface area contributed by atoms with Crippen LogP contribution in [0.5, 0.6) is 0 Å². The van der Waals surface area contributed by atoms with Gasteiger partial charge in [-0.15, -0.1) is 0 Å². The van der Waals surface area contributed by atoms with E-state index in [0.717, 1.165) is 32.8 Å². The van der Waals surface area contributed by atoms with Crippen LogP contribution in [-0.2, 0) is 10.5 Å². The maximum Gasteiger partial charge on any atom is 0.262 e. The first kappa shape index (κ1) is 23.2. The van der Waals surface area contributed by atoms with Crippen molar-refractivity contribution in [3.8, 4) is 0 Å². The lowest BCUT2D eigenvalue weighted by molar-refractivity contribution is -0.272. The molecule has 1 saturated heterocycles. The van der Waals surface area contributed by atoms with E-state index in [1.165, 1.54) is 4.90 Å². The number of aromatic nitrogens is 2. The van der Waals surface area contributed by atoms with Crippen molar-refractivity contribution in [3.05, 3.63) is 59.7 Å². The van der Waals surface area contributed by atoms with Crippen molar-refractivity contribution in [1.82, 2.24) is 18.9 Å². The van der Waals surface area contributed by atoms with Gasteiger partial charge in [0.2, 0.25) is 0 Å². The van der Waals surface area contributed by atoms with Crippen molar-refractivity contribution in [2.75, 3.05) is 27.2 Å². The lowest BCUT2D eigenvalue weighted by atomic mass is 9.95. The number of carbonyl (C=O) groups excluding carboxylic acids is 2. The van der Waals surface area contributed by atoms with Crippen LogP contribution in [0.4, 0.5) is 0 Å². The Morgan fingerprint density at radius 3 is 2.18 bits per heavy atom. The highest BCUT2D eigenvalue weighted by atomic mass is 16.6. The predicted octanol–water partition coefficient (Wildman–Crippen LogP) is 3.39. The van der Waals surface area contributed by atoms with E-state index in [0.29, 0.717) is 28.4 Å². The molecule has 8 rings (SSSR count). The molecule has 0 saturated carbocycles. The first-order chi connectivity index (χ1) is 18.7. The number of nitrogens with zero attached hydrogens (tertiary/aromatic N) is 4. The minimum atomic E-state index is -1.32. The Labute approximate surface area is 223 Å². The average Bonchev–Trinajstić information content (AvgIpc) is 3.49. The summed E-state index contributed by atoms with van der Waals surface area (Å²) in [5.74, 6) is -0.602. The number of amides is 2. The number of rotatable bonds is 3. The SMILES string of the molecule is CN(C)CCN1C(=O)c2c(c3c4ccccc4n4c3c3c2c2ccccc2n3C2CC(O)C(O)C4(C)O2)C1=O. The van der Waals surface area contributed by atoms with Gasteiger partial charge >= 0.3 is 0 Å². The molecule has 3 aromatic carbocycles. The molecule has 9 heteroatoms. The van der Waals surface area contributed by atoms with Crippen LogP contribution in [0.3, 0.4) is 0 Å². The second-order valence-electron chi connectivity index (χ2n) is 11.4. The van der Waals surface area contributed by atoms with Gasteiger partial charge in [-0.05, 0) is 33.2 Å². The summed E-state index contributed by atoms with van der Waals surface area (Å²) >= 11 is 0. The van der Waals surface area contributed by atoms with Gasteiger partial charge in [0, 0.05) is 41.1 Å². The van der Waals surface area contributed by atoms with Crippen LogP contribution in [0.15, 0.2) is 48.5 Å². The summed E-state index contributed by atoms with van der Waals surface area (Å²) in [4.78, 5) is 31.6. The van der Waals surface area contributed by atoms with Gasteiger partial charge in [0.05, 0.1) is 39.3 Å². The fourth-order valence-electron chi connectivity index (χ4n) is 7.20. The van der Waals surface area contributed by atoms with Gasteiger partial charge in [0.1, 0.15) is 12.3 Å². The van der Waals surface area contributed by atoms with Crippen molar-refractivity contribution in [1.29, 1.82) is 0 Å². The highest BCUT2D eigenvalue weighted by molar-refractivity contribution is 6.39. The number of para-hydroxylation sites is 2. The number of imide groups is 1. The molecule has 2 N–H and O–H groups in total. The number of fused-ring (bicyclic) bond motifs is 13. The smallest absolute Gasteiger partial charge is 0.262 e. The minimum Gasteiger partial charge on any atom is -0.390 e. The van der Waals surface area contributed by atoms with Crippen LogP contribution in [0.1, 0.15) is 40.3 Å². The molecule has 9 nitrogen and oxygen atoms in total.